The van der Waals surface area contributed by atoms with Crippen LogP contribution in [0.3, 0.4) is 0 Å². The largest absolute Gasteiger partial charge is 0.508 e. The molecule has 4 heteroatoms. The number of carbonyl (C=O) groups is 1. The van der Waals surface area contributed by atoms with Gasteiger partial charge in [0.05, 0.1) is 0 Å². The highest BCUT2D eigenvalue weighted by Crippen LogP contribution is 2.31. The molecule has 0 aliphatic carbocycles. The molecule has 0 fully saturated rings. The van der Waals surface area contributed by atoms with Crippen LogP contribution in [0.15, 0.2) is 36.4 Å². The lowest BCUT2D eigenvalue weighted by Gasteiger charge is -2.30. The highest BCUT2D eigenvalue weighted by Gasteiger charge is 2.25. The number of ether oxygens (including phenoxy) is 1. The Morgan fingerprint density at radius 1 is 1.22 bits per heavy atom. The predicted molar refractivity (Wildman–Crippen MR) is 88.3 cm³/mol. The third kappa shape index (κ3) is 3.16. The number of hydrogen-bond donors (Lipinski definition) is 1. The van der Waals surface area contributed by atoms with Gasteiger partial charge in [0.2, 0.25) is 0 Å². The van der Waals surface area contributed by atoms with Gasteiger partial charge in [0, 0.05) is 13.1 Å². The zero-order valence-electron chi connectivity index (χ0n) is 13.5. The first-order valence-electron chi connectivity index (χ1n) is 7.83. The molecule has 4 nitrogen and oxygen atoms in total. The first-order valence-corrected chi connectivity index (χ1v) is 7.83. The second-order valence-electron chi connectivity index (χ2n) is 6.01. The van der Waals surface area contributed by atoms with Crippen LogP contribution in [0.5, 0.6) is 5.75 Å². The minimum absolute atomic E-state index is 0.279. The summed E-state index contributed by atoms with van der Waals surface area (Å²) in [5.74, 6) is 0.292. The van der Waals surface area contributed by atoms with Crippen molar-refractivity contribution in [1.82, 2.24) is 4.90 Å². The molecule has 1 heterocycles. The third-order valence-electron chi connectivity index (χ3n) is 4.47. The van der Waals surface area contributed by atoms with Gasteiger partial charge in [-0.3, -0.25) is 0 Å². The highest BCUT2D eigenvalue weighted by molar-refractivity contribution is 5.68. The minimum Gasteiger partial charge on any atom is -0.508 e. The molecule has 2 aromatic rings. The Bertz CT molecular complexity index is 725. The van der Waals surface area contributed by atoms with Crippen molar-refractivity contribution >= 4 is 6.09 Å². The number of hydrogen-bond acceptors (Lipinski definition) is 3. The van der Waals surface area contributed by atoms with Crippen molar-refractivity contribution < 1.29 is 14.6 Å². The third-order valence-corrected chi connectivity index (χ3v) is 4.47. The number of phenols is 1. The van der Waals surface area contributed by atoms with Crippen molar-refractivity contribution in [2.45, 2.75) is 33.4 Å². The lowest BCUT2D eigenvalue weighted by Crippen LogP contribution is -2.37. The molecule has 23 heavy (non-hydrogen) atoms. The fraction of sp³-hybridized carbons (Fsp3) is 0.316. The molecule has 0 bridgehead atoms. The van der Waals surface area contributed by atoms with E-state index in [0.717, 1.165) is 28.7 Å². The topological polar surface area (TPSA) is 49.8 Å². The van der Waals surface area contributed by atoms with Crippen LogP contribution in [-0.2, 0) is 24.3 Å². The van der Waals surface area contributed by atoms with E-state index in [4.69, 9.17) is 4.74 Å². The molecule has 0 aromatic heterocycles. The molecule has 1 amide bonds. The Kier molecular flexibility index (Phi) is 4.24. The number of aryl methyl sites for hydroxylation is 1. The molecule has 120 valence electrons. The number of amides is 1. The van der Waals surface area contributed by atoms with Gasteiger partial charge in [-0.2, -0.15) is 0 Å². The van der Waals surface area contributed by atoms with E-state index in [-0.39, 0.29) is 12.7 Å². The molecule has 1 aliphatic rings. The van der Waals surface area contributed by atoms with Gasteiger partial charge in [0.25, 0.3) is 0 Å². The Balaban J connectivity index is 1.70. The molecule has 1 N–H and O–H groups in total. The summed E-state index contributed by atoms with van der Waals surface area (Å²) < 4.78 is 5.41. The van der Waals surface area contributed by atoms with Crippen LogP contribution in [0.4, 0.5) is 4.79 Å². The van der Waals surface area contributed by atoms with E-state index in [2.05, 4.69) is 0 Å². The summed E-state index contributed by atoms with van der Waals surface area (Å²) in [6, 6.07) is 11.5. The Morgan fingerprint density at radius 3 is 2.70 bits per heavy atom. The van der Waals surface area contributed by atoms with Gasteiger partial charge in [-0.1, -0.05) is 30.3 Å². The second kappa shape index (κ2) is 6.32. The molecule has 0 saturated heterocycles. The van der Waals surface area contributed by atoms with Crippen LogP contribution in [0, 0.1) is 13.8 Å². The average molecular weight is 311 g/mol. The van der Waals surface area contributed by atoms with Gasteiger partial charge in [0.1, 0.15) is 12.4 Å². The van der Waals surface area contributed by atoms with Crippen molar-refractivity contribution in [3.63, 3.8) is 0 Å². The fourth-order valence-corrected chi connectivity index (χ4v) is 3.06. The van der Waals surface area contributed by atoms with Crippen molar-refractivity contribution in [2.24, 2.45) is 0 Å². The maximum absolute atomic E-state index is 12.3. The van der Waals surface area contributed by atoms with Crippen LogP contribution < -0.4 is 0 Å². The molecule has 2 aromatic carbocycles. The van der Waals surface area contributed by atoms with Crippen LogP contribution in [-0.4, -0.2) is 22.6 Å². The lowest BCUT2D eigenvalue weighted by atomic mass is 9.91. The van der Waals surface area contributed by atoms with E-state index in [1.807, 2.05) is 44.2 Å². The molecular formula is C19H21NO3. The van der Waals surface area contributed by atoms with E-state index >= 15 is 0 Å². The van der Waals surface area contributed by atoms with E-state index in [0.29, 0.717) is 18.8 Å². The van der Waals surface area contributed by atoms with Gasteiger partial charge in [-0.05, 0) is 54.2 Å². The highest BCUT2D eigenvalue weighted by atomic mass is 16.6. The van der Waals surface area contributed by atoms with Gasteiger partial charge in [0.15, 0.2) is 0 Å². The first kappa shape index (κ1) is 15.4. The van der Waals surface area contributed by atoms with Gasteiger partial charge < -0.3 is 14.7 Å². The quantitative estimate of drug-likeness (QED) is 0.920. The number of rotatable bonds is 2. The van der Waals surface area contributed by atoms with E-state index in [1.165, 1.54) is 5.56 Å². The van der Waals surface area contributed by atoms with Crippen molar-refractivity contribution in [3.8, 4) is 5.75 Å². The van der Waals surface area contributed by atoms with E-state index in [9.17, 15) is 9.90 Å². The summed E-state index contributed by atoms with van der Waals surface area (Å²) in [4.78, 5) is 14.0. The first-order chi connectivity index (χ1) is 11.1. The molecule has 0 radical (unpaired) electrons. The zero-order valence-corrected chi connectivity index (χ0v) is 13.5. The molecule has 0 atom stereocenters. The molecule has 0 saturated carbocycles. The Hall–Kier alpha value is -2.49. The SMILES string of the molecule is Cc1cc(O)c(C)c2c1CCN(C(=O)OCc1ccccc1)C2. The summed E-state index contributed by atoms with van der Waals surface area (Å²) in [6.07, 6.45) is 0.489. The number of nitrogens with zero attached hydrogens (tertiary/aromatic N) is 1. The van der Waals surface area contributed by atoms with E-state index in [1.54, 1.807) is 11.0 Å². The number of phenolic OH excluding ortho intramolecular Hbond substituents is 1. The standard InChI is InChI=1S/C19H21NO3/c1-13-10-18(21)14(2)17-11-20(9-8-16(13)17)19(22)23-12-15-6-4-3-5-7-15/h3-7,10,21H,8-9,11-12H2,1-2H3. The summed E-state index contributed by atoms with van der Waals surface area (Å²) >= 11 is 0. The number of aromatic hydroxyl groups is 1. The van der Waals surface area contributed by atoms with Crippen LogP contribution in [0.1, 0.15) is 27.8 Å². The van der Waals surface area contributed by atoms with Crippen LogP contribution in [0.25, 0.3) is 0 Å². The Morgan fingerprint density at radius 2 is 1.96 bits per heavy atom. The number of fused-ring (bicyclic) bond motifs is 1. The molecule has 3 rings (SSSR count). The minimum atomic E-state index is -0.306. The summed E-state index contributed by atoms with van der Waals surface area (Å²) in [6.45, 7) is 5.31. The van der Waals surface area contributed by atoms with Crippen LogP contribution in [0.2, 0.25) is 0 Å². The molecule has 1 aliphatic heterocycles. The Labute approximate surface area is 136 Å². The molecular weight excluding hydrogens is 290 g/mol. The smallest absolute Gasteiger partial charge is 0.410 e. The molecule has 0 unspecified atom stereocenters. The summed E-state index contributed by atoms with van der Waals surface area (Å²) in [5, 5.41) is 10.00. The van der Waals surface area contributed by atoms with Crippen molar-refractivity contribution in [1.29, 1.82) is 0 Å². The lowest BCUT2D eigenvalue weighted by molar-refractivity contribution is 0.0917. The van der Waals surface area contributed by atoms with Crippen LogP contribution >= 0.6 is 0 Å². The monoisotopic (exact) mass is 311 g/mol. The van der Waals surface area contributed by atoms with Gasteiger partial charge in [-0.15, -0.1) is 0 Å². The second-order valence-corrected chi connectivity index (χ2v) is 6.01. The zero-order chi connectivity index (χ0) is 16.4. The summed E-state index contributed by atoms with van der Waals surface area (Å²) in [5.41, 5.74) is 5.20. The average Bonchev–Trinajstić information content (AvgIpc) is 2.58. The van der Waals surface area contributed by atoms with E-state index < -0.39 is 0 Å². The van der Waals surface area contributed by atoms with Crippen molar-refractivity contribution in [3.05, 3.63) is 64.2 Å². The predicted octanol–water partition coefficient (Wildman–Crippen LogP) is 3.70. The summed E-state index contributed by atoms with van der Waals surface area (Å²) in [7, 11) is 0. The van der Waals surface area contributed by atoms with Gasteiger partial charge >= 0.3 is 6.09 Å². The maximum Gasteiger partial charge on any atom is 0.410 e. The van der Waals surface area contributed by atoms with Crippen molar-refractivity contribution in [2.75, 3.05) is 6.54 Å². The maximum atomic E-state index is 12.3. The number of carbonyl (C=O) groups excluding carboxylic acids is 1. The normalized spacial score (nSPS) is 13.6. The molecule has 0 spiro atoms. The fourth-order valence-electron chi connectivity index (χ4n) is 3.06. The van der Waals surface area contributed by atoms with Gasteiger partial charge in [-0.25, -0.2) is 4.79 Å². The number of benzene rings is 2.